The van der Waals surface area contributed by atoms with Crippen LogP contribution in [0.3, 0.4) is 0 Å². The van der Waals surface area contributed by atoms with Gasteiger partial charge in [0.1, 0.15) is 5.69 Å². The molecule has 0 aliphatic carbocycles. The minimum Gasteiger partial charge on any atom is -0.382 e. The van der Waals surface area contributed by atoms with E-state index in [1.54, 1.807) is 18.2 Å². The van der Waals surface area contributed by atoms with Crippen LogP contribution < -0.4 is 11.4 Å². The summed E-state index contributed by atoms with van der Waals surface area (Å²) in [5, 5.41) is 4.84. The topological polar surface area (TPSA) is 98.7 Å². The summed E-state index contributed by atoms with van der Waals surface area (Å²) in [5.41, 5.74) is 7.29. The Bertz CT molecular complexity index is 1120. The number of hydrogen-bond acceptors (Lipinski definition) is 4. The molecule has 0 amide bonds. The molecule has 0 unspecified atom stereocenters. The molecule has 0 atom stereocenters. The lowest BCUT2D eigenvalue weighted by molar-refractivity contribution is 0.0941. The van der Waals surface area contributed by atoms with Gasteiger partial charge in [0.15, 0.2) is 5.82 Å². The highest BCUT2D eigenvalue weighted by atomic mass is 16.2. The van der Waals surface area contributed by atoms with Crippen LogP contribution in [0.15, 0.2) is 65.6 Å². The zero-order valence-corrected chi connectivity index (χ0v) is 13.2. The Morgan fingerprint density at radius 1 is 1.08 bits per heavy atom. The molecule has 25 heavy (non-hydrogen) atoms. The predicted octanol–water partition coefficient (Wildman–Crippen LogP) is 1.85. The lowest BCUT2D eigenvalue weighted by atomic mass is 10.2. The van der Waals surface area contributed by atoms with Crippen LogP contribution in [0.4, 0.5) is 5.82 Å². The minimum absolute atomic E-state index is 0.224. The molecule has 2 aromatic heterocycles. The number of aromatic nitrogens is 4. The van der Waals surface area contributed by atoms with Gasteiger partial charge in [-0.25, -0.2) is 4.79 Å². The summed E-state index contributed by atoms with van der Waals surface area (Å²) in [6.07, 6.45) is 1.40. The van der Waals surface area contributed by atoms with Crippen molar-refractivity contribution in [3.63, 3.8) is 0 Å². The molecule has 124 valence electrons. The fraction of sp³-hybridized carbons (Fsp3) is 0.0556. The van der Waals surface area contributed by atoms with E-state index in [1.165, 1.54) is 15.4 Å². The third kappa shape index (κ3) is 2.51. The fourth-order valence-corrected chi connectivity index (χ4v) is 2.85. The monoisotopic (exact) mass is 333 g/mol. The maximum Gasteiger partial charge on any atom is 0.326 e. The van der Waals surface area contributed by atoms with E-state index in [0.29, 0.717) is 17.4 Å². The standard InChI is InChI=1S/C18H15N5O2/c19-16-13-8-4-5-9-14(13)23(21-16)17(24)15-10-20-18(25)22(15)11-12-6-2-1-3-7-12/h1-10H,11H2,(H2,19,21)(H,20,25). The van der Waals surface area contributed by atoms with Gasteiger partial charge in [0.05, 0.1) is 12.1 Å². The number of nitrogen functional groups attached to an aromatic ring is 1. The molecular weight excluding hydrogens is 318 g/mol. The van der Waals surface area contributed by atoms with Gasteiger partial charge in [0.2, 0.25) is 0 Å². The number of benzene rings is 2. The average molecular weight is 333 g/mol. The summed E-state index contributed by atoms with van der Waals surface area (Å²) in [7, 11) is 0. The lowest BCUT2D eigenvalue weighted by Crippen LogP contribution is -2.25. The van der Waals surface area contributed by atoms with Crippen molar-refractivity contribution in [2.24, 2.45) is 0 Å². The number of H-pyrrole nitrogens is 1. The van der Waals surface area contributed by atoms with Crippen molar-refractivity contribution >= 4 is 22.6 Å². The first kappa shape index (κ1) is 14.9. The molecule has 4 rings (SSSR count). The van der Waals surface area contributed by atoms with Gasteiger partial charge in [-0.05, 0) is 17.7 Å². The molecule has 2 aromatic carbocycles. The molecule has 0 saturated heterocycles. The summed E-state index contributed by atoms with van der Waals surface area (Å²) in [6.45, 7) is 0.291. The maximum atomic E-state index is 13.0. The van der Waals surface area contributed by atoms with Crippen LogP contribution in [-0.2, 0) is 6.54 Å². The van der Waals surface area contributed by atoms with Crippen molar-refractivity contribution in [1.82, 2.24) is 19.3 Å². The molecule has 4 aromatic rings. The van der Waals surface area contributed by atoms with Crippen molar-refractivity contribution < 1.29 is 4.79 Å². The van der Waals surface area contributed by atoms with E-state index in [4.69, 9.17) is 5.73 Å². The van der Waals surface area contributed by atoms with Crippen LogP contribution in [0.1, 0.15) is 16.1 Å². The second-order valence-electron chi connectivity index (χ2n) is 5.67. The number of carbonyl (C=O) groups is 1. The molecular formula is C18H15N5O2. The van der Waals surface area contributed by atoms with Crippen molar-refractivity contribution in [3.05, 3.63) is 82.5 Å². The van der Waals surface area contributed by atoms with Gasteiger partial charge < -0.3 is 10.7 Å². The highest BCUT2D eigenvalue weighted by molar-refractivity contribution is 6.02. The average Bonchev–Trinajstić information content (AvgIpc) is 3.17. The Balaban J connectivity index is 1.80. The number of hydrogen-bond donors (Lipinski definition) is 2. The number of nitrogens with two attached hydrogens (primary N) is 1. The van der Waals surface area contributed by atoms with E-state index in [9.17, 15) is 9.59 Å². The van der Waals surface area contributed by atoms with Gasteiger partial charge in [0.25, 0.3) is 5.91 Å². The Morgan fingerprint density at radius 2 is 1.80 bits per heavy atom. The molecule has 0 saturated carbocycles. The third-order valence-corrected chi connectivity index (χ3v) is 4.08. The highest BCUT2D eigenvalue weighted by Crippen LogP contribution is 2.20. The Kier molecular flexibility index (Phi) is 3.46. The molecule has 3 N–H and O–H groups in total. The summed E-state index contributed by atoms with van der Waals surface area (Å²) in [4.78, 5) is 27.7. The lowest BCUT2D eigenvalue weighted by Gasteiger charge is -2.07. The number of aromatic amines is 1. The molecule has 2 heterocycles. The first-order chi connectivity index (χ1) is 12.1. The van der Waals surface area contributed by atoms with Gasteiger partial charge in [-0.1, -0.05) is 42.5 Å². The number of fused-ring (bicyclic) bond motifs is 1. The molecule has 0 aliphatic heterocycles. The number of rotatable bonds is 3. The molecule has 7 nitrogen and oxygen atoms in total. The minimum atomic E-state index is -0.415. The number of anilines is 1. The Labute approximate surface area is 142 Å². The molecule has 0 spiro atoms. The van der Waals surface area contributed by atoms with Crippen LogP contribution in [0.25, 0.3) is 10.9 Å². The van der Waals surface area contributed by atoms with Crippen molar-refractivity contribution in [1.29, 1.82) is 0 Å². The Hall–Kier alpha value is -3.61. The molecule has 0 bridgehead atoms. The van der Waals surface area contributed by atoms with E-state index < -0.39 is 5.91 Å². The number of nitrogens with one attached hydrogen (secondary N) is 1. The molecule has 7 heteroatoms. The smallest absolute Gasteiger partial charge is 0.326 e. The van der Waals surface area contributed by atoms with E-state index in [1.807, 2.05) is 36.4 Å². The predicted molar refractivity (Wildman–Crippen MR) is 94.5 cm³/mol. The van der Waals surface area contributed by atoms with Gasteiger partial charge in [0, 0.05) is 11.6 Å². The van der Waals surface area contributed by atoms with E-state index in [2.05, 4.69) is 10.1 Å². The first-order valence-corrected chi connectivity index (χ1v) is 7.75. The van der Waals surface area contributed by atoms with E-state index in [-0.39, 0.29) is 17.2 Å². The first-order valence-electron chi connectivity index (χ1n) is 7.75. The third-order valence-electron chi connectivity index (χ3n) is 4.08. The SMILES string of the molecule is Nc1nn(C(=O)c2c[nH]c(=O)n2Cc2ccccc2)c2ccccc12. The zero-order chi connectivity index (χ0) is 17.4. The normalized spacial score (nSPS) is 11.0. The maximum absolute atomic E-state index is 13.0. The summed E-state index contributed by atoms with van der Waals surface area (Å²) < 4.78 is 2.62. The molecule has 0 radical (unpaired) electrons. The van der Waals surface area contributed by atoms with Crippen LogP contribution in [-0.4, -0.2) is 25.2 Å². The number of nitrogens with zero attached hydrogens (tertiary/aromatic N) is 3. The van der Waals surface area contributed by atoms with Crippen LogP contribution >= 0.6 is 0 Å². The zero-order valence-electron chi connectivity index (χ0n) is 13.2. The van der Waals surface area contributed by atoms with E-state index >= 15 is 0 Å². The van der Waals surface area contributed by atoms with Crippen LogP contribution in [0.5, 0.6) is 0 Å². The largest absolute Gasteiger partial charge is 0.382 e. The summed E-state index contributed by atoms with van der Waals surface area (Å²) >= 11 is 0. The second-order valence-corrected chi connectivity index (χ2v) is 5.67. The number of para-hydroxylation sites is 1. The van der Waals surface area contributed by atoms with E-state index in [0.717, 1.165) is 5.56 Å². The summed E-state index contributed by atoms with van der Waals surface area (Å²) in [6, 6.07) is 16.7. The molecule has 0 fully saturated rings. The van der Waals surface area contributed by atoms with Gasteiger partial charge in [-0.15, -0.1) is 5.10 Å². The van der Waals surface area contributed by atoms with Crippen LogP contribution in [0, 0.1) is 0 Å². The fourth-order valence-electron chi connectivity index (χ4n) is 2.85. The quantitative estimate of drug-likeness (QED) is 0.597. The van der Waals surface area contributed by atoms with Crippen molar-refractivity contribution in [3.8, 4) is 0 Å². The summed E-state index contributed by atoms with van der Waals surface area (Å²) in [5.74, 6) is -0.140. The second kappa shape index (κ2) is 5.79. The van der Waals surface area contributed by atoms with Crippen molar-refractivity contribution in [2.75, 3.05) is 5.73 Å². The number of carbonyl (C=O) groups excluding carboxylic acids is 1. The van der Waals surface area contributed by atoms with Gasteiger partial charge in [-0.2, -0.15) is 4.68 Å². The van der Waals surface area contributed by atoms with Crippen LogP contribution in [0.2, 0.25) is 0 Å². The van der Waals surface area contributed by atoms with Gasteiger partial charge in [-0.3, -0.25) is 9.36 Å². The van der Waals surface area contributed by atoms with Crippen molar-refractivity contribution in [2.45, 2.75) is 6.54 Å². The van der Waals surface area contributed by atoms with Gasteiger partial charge >= 0.3 is 5.69 Å². The number of imidazole rings is 1. The Morgan fingerprint density at radius 3 is 2.60 bits per heavy atom. The highest BCUT2D eigenvalue weighted by Gasteiger charge is 2.20. The molecule has 0 aliphatic rings.